The van der Waals surface area contributed by atoms with E-state index in [1.807, 2.05) is 0 Å². The van der Waals surface area contributed by atoms with Gasteiger partial charge < -0.3 is 4.74 Å². The molecule has 1 heterocycles. The van der Waals surface area contributed by atoms with Gasteiger partial charge in [-0.3, -0.25) is 4.90 Å². The zero-order valence-electron chi connectivity index (χ0n) is 14.3. The summed E-state index contributed by atoms with van der Waals surface area (Å²) >= 11 is 0. The van der Waals surface area contributed by atoms with Crippen molar-refractivity contribution in [1.29, 1.82) is 0 Å². The van der Waals surface area contributed by atoms with E-state index < -0.39 is 0 Å². The molecule has 23 heavy (non-hydrogen) atoms. The van der Waals surface area contributed by atoms with Gasteiger partial charge in [0.2, 0.25) is 0 Å². The third-order valence-corrected chi connectivity index (χ3v) is 5.69. The number of hydrogen-bond acceptors (Lipinski definition) is 2. The highest BCUT2D eigenvalue weighted by Crippen LogP contribution is 2.31. The van der Waals surface area contributed by atoms with E-state index >= 15 is 0 Å². The smallest absolute Gasteiger partial charge is 0.123 e. The lowest BCUT2D eigenvalue weighted by molar-refractivity contribution is 0.0531. The van der Waals surface area contributed by atoms with Gasteiger partial charge in [0, 0.05) is 12.1 Å². The fourth-order valence-electron chi connectivity index (χ4n) is 4.38. The second kappa shape index (κ2) is 8.14. The molecule has 2 nitrogen and oxygen atoms in total. The summed E-state index contributed by atoms with van der Waals surface area (Å²) in [4.78, 5) is 2.77. The second-order valence-electron chi connectivity index (χ2n) is 7.36. The number of ether oxygens (including phenoxy) is 1. The van der Waals surface area contributed by atoms with Crippen LogP contribution in [0.3, 0.4) is 0 Å². The molecule has 0 spiro atoms. The van der Waals surface area contributed by atoms with E-state index in [1.54, 1.807) is 12.1 Å². The first kappa shape index (κ1) is 16.8. The summed E-state index contributed by atoms with van der Waals surface area (Å²) in [6.45, 7) is 4.40. The molecule has 0 bridgehead atoms. The number of benzene rings is 1. The highest BCUT2D eigenvalue weighted by Gasteiger charge is 2.30. The zero-order chi connectivity index (χ0) is 16.1. The molecule has 3 rings (SSSR count). The third-order valence-electron chi connectivity index (χ3n) is 5.69. The Labute approximate surface area is 140 Å². The van der Waals surface area contributed by atoms with E-state index in [4.69, 9.17) is 4.74 Å². The Morgan fingerprint density at radius 3 is 2.52 bits per heavy atom. The monoisotopic (exact) mass is 319 g/mol. The van der Waals surface area contributed by atoms with E-state index in [0.29, 0.717) is 6.04 Å². The average Bonchev–Trinajstić information content (AvgIpc) is 2.58. The van der Waals surface area contributed by atoms with Crippen molar-refractivity contribution >= 4 is 0 Å². The van der Waals surface area contributed by atoms with Gasteiger partial charge in [-0.2, -0.15) is 0 Å². The summed E-state index contributed by atoms with van der Waals surface area (Å²) in [5.74, 6) is 1.34. The molecule has 2 unspecified atom stereocenters. The molecule has 2 atom stereocenters. The van der Waals surface area contributed by atoms with Crippen molar-refractivity contribution in [3.05, 3.63) is 30.1 Å². The molecule has 1 aromatic carbocycles. The SMILES string of the molecule is CC1CC(CCOc2ccc(F)cc2)CCN1C1CCCCC1. The summed E-state index contributed by atoms with van der Waals surface area (Å²) in [6, 6.07) is 7.89. The molecule has 0 amide bonds. The van der Waals surface area contributed by atoms with E-state index in [-0.39, 0.29) is 5.82 Å². The molecular formula is C20H30FNO. The standard InChI is InChI=1S/C20H30FNO/c1-16-15-17(11-13-22(16)19-5-3-2-4-6-19)12-14-23-20-9-7-18(21)8-10-20/h7-10,16-17,19H,2-6,11-15H2,1H3. The lowest BCUT2D eigenvalue weighted by Crippen LogP contribution is -2.47. The van der Waals surface area contributed by atoms with E-state index in [9.17, 15) is 4.39 Å². The summed E-state index contributed by atoms with van der Waals surface area (Å²) in [6.07, 6.45) is 10.8. The molecule has 1 aliphatic carbocycles. The first-order valence-electron chi connectivity index (χ1n) is 9.36. The van der Waals surface area contributed by atoms with Crippen LogP contribution in [0.1, 0.15) is 58.3 Å². The largest absolute Gasteiger partial charge is 0.494 e. The lowest BCUT2D eigenvalue weighted by atomic mass is 9.85. The predicted molar refractivity (Wildman–Crippen MR) is 92.3 cm³/mol. The molecule has 1 aliphatic heterocycles. The maximum atomic E-state index is 12.9. The Morgan fingerprint density at radius 2 is 1.83 bits per heavy atom. The van der Waals surface area contributed by atoms with E-state index in [2.05, 4.69) is 11.8 Å². The van der Waals surface area contributed by atoms with Gasteiger partial charge >= 0.3 is 0 Å². The van der Waals surface area contributed by atoms with Crippen molar-refractivity contribution < 1.29 is 9.13 Å². The van der Waals surface area contributed by atoms with Gasteiger partial charge in [-0.1, -0.05) is 19.3 Å². The van der Waals surface area contributed by atoms with Crippen LogP contribution in [0.5, 0.6) is 5.75 Å². The molecule has 1 aromatic rings. The first-order chi connectivity index (χ1) is 11.2. The summed E-state index contributed by atoms with van der Waals surface area (Å²) in [5.41, 5.74) is 0. The van der Waals surface area contributed by atoms with Gasteiger partial charge in [-0.15, -0.1) is 0 Å². The summed E-state index contributed by atoms with van der Waals surface area (Å²) < 4.78 is 18.6. The predicted octanol–water partition coefficient (Wildman–Crippen LogP) is 5.03. The zero-order valence-corrected chi connectivity index (χ0v) is 14.3. The molecule has 3 heteroatoms. The molecular weight excluding hydrogens is 289 g/mol. The molecule has 0 N–H and O–H groups in total. The number of nitrogens with zero attached hydrogens (tertiary/aromatic N) is 1. The molecule has 1 saturated heterocycles. The normalized spacial score (nSPS) is 27.0. The molecule has 128 valence electrons. The number of halogens is 1. The van der Waals surface area contributed by atoms with E-state index in [1.165, 1.54) is 63.6 Å². The van der Waals surface area contributed by atoms with Crippen LogP contribution in [0.25, 0.3) is 0 Å². The average molecular weight is 319 g/mol. The Kier molecular flexibility index (Phi) is 5.93. The van der Waals surface area contributed by atoms with Gasteiger partial charge in [0.1, 0.15) is 11.6 Å². The number of piperidine rings is 1. The molecule has 0 radical (unpaired) electrons. The number of hydrogen-bond donors (Lipinski definition) is 0. The lowest BCUT2D eigenvalue weighted by Gasteiger charge is -2.44. The van der Waals surface area contributed by atoms with Gasteiger partial charge in [0.15, 0.2) is 0 Å². The highest BCUT2D eigenvalue weighted by molar-refractivity contribution is 5.21. The summed E-state index contributed by atoms with van der Waals surface area (Å²) in [5, 5.41) is 0. The number of likely N-dealkylation sites (tertiary alicyclic amines) is 1. The van der Waals surface area contributed by atoms with Crippen molar-refractivity contribution in [3.63, 3.8) is 0 Å². The van der Waals surface area contributed by atoms with Gasteiger partial charge in [0.25, 0.3) is 0 Å². The van der Waals surface area contributed by atoms with Crippen LogP contribution in [0, 0.1) is 11.7 Å². The second-order valence-corrected chi connectivity index (χ2v) is 7.36. The van der Waals surface area contributed by atoms with Crippen LogP contribution < -0.4 is 4.74 Å². The van der Waals surface area contributed by atoms with Gasteiger partial charge in [-0.05, 0) is 75.8 Å². The van der Waals surface area contributed by atoms with Crippen molar-refractivity contribution in [2.75, 3.05) is 13.2 Å². The maximum Gasteiger partial charge on any atom is 0.123 e. The maximum absolute atomic E-state index is 12.9. The topological polar surface area (TPSA) is 12.5 Å². The minimum Gasteiger partial charge on any atom is -0.494 e. The highest BCUT2D eigenvalue weighted by atomic mass is 19.1. The van der Waals surface area contributed by atoms with Crippen LogP contribution in [0.4, 0.5) is 4.39 Å². The van der Waals surface area contributed by atoms with Crippen molar-refractivity contribution in [3.8, 4) is 5.75 Å². The van der Waals surface area contributed by atoms with Crippen molar-refractivity contribution in [1.82, 2.24) is 4.90 Å². The Bertz CT molecular complexity index is 469. The number of rotatable bonds is 5. The van der Waals surface area contributed by atoms with Gasteiger partial charge in [0.05, 0.1) is 6.61 Å². The van der Waals surface area contributed by atoms with Crippen LogP contribution in [0.2, 0.25) is 0 Å². The van der Waals surface area contributed by atoms with Crippen LogP contribution in [0.15, 0.2) is 24.3 Å². The Balaban J connectivity index is 1.40. The molecule has 2 aliphatic rings. The van der Waals surface area contributed by atoms with Crippen LogP contribution in [-0.4, -0.2) is 30.1 Å². The Hall–Kier alpha value is -1.09. The van der Waals surface area contributed by atoms with Crippen molar-refractivity contribution in [2.45, 2.75) is 70.4 Å². The van der Waals surface area contributed by atoms with Crippen LogP contribution in [-0.2, 0) is 0 Å². The minimum atomic E-state index is -0.207. The minimum absolute atomic E-state index is 0.207. The van der Waals surface area contributed by atoms with Crippen LogP contribution >= 0.6 is 0 Å². The molecule has 0 aromatic heterocycles. The fourth-order valence-corrected chi connectivity index (χ4v) is 4.38. The fraction of sp³-hybridized carbons (Fsp3) is 0.700. The Morgan fingerprint density at radius 1 is 1.09 bits per heavy atom. The van der Waals surface area contributed by atoms with Crippen molar-refractivity contribution in [2.24, 2.45) is 5.92 Å². The molecule has 1 saturated carbocycles. The van der Waals surface area contributed by atoms with E-state index in [0.717, 1.165) is 30.7 Å². The third kappa shape index (κ3) is 4.69. The molecule has 2 fully saturated rings. The quantitative estimate of drug-likeness (QED) is 0.755. The summed E-state index contributed by atoms with van der Waals surface area (Å²) in [7, 11) is 0. The first-order valence-corrected chi connectivity index (χ1v) is 9.36. The van der Waals surface area contributed by atoms with Gasteiger partial charge in [-0.25, -0.2) is 4.39 Å².